The van der Waals surface area contributed by atoms with Gasteiger partial charge >= 0.3 is 5.69 Å². The molecule has 108 valence electrons. The summed E-state index contributed by atoms with van der Waals surface area (Å²) in [5, 5.41) is 14.3. The summed E-state index contributed by atoms with van der Waals surface area (Å²) in [6.45, 7) is 1.56. The fourth-order valence-electron chi connectivity index (χ4n) is 2.92. The molecule has 0 aliphatic carbocycles. The summed E-state index contributed by atoms with van der Waals surface area (Å²) in [4.78, 5) is 18.7. The normalized spacial score (nSPS) is 27.6. The SMILES string of the molecule is Cc1nc(NN)nc(NC2CC3CCC2O3)c1[N+](=O)[O-]. The maximum Gasteiger partial charge on any atom is 0.332 e. The highest BCUT2D eigenvalue weighted by Crippen LogP contribution is 2.37. The quantitative estimate of drug-likeness (QED) is 0.418. The minimum Gasteiger partial charge on any atom is -0.373 e. The van der Waals surface area contributed by atoms with Gasteiger partial charge in [-0.15, -0.1) is 0 Å². The summed E-state index contributed by atoms with van der Waals surface area (Å²) in [5.74, 6) is 5.63. The lowest BCUT2D eigenvalue weighted by molar-refractivity contribution is -0.385. The van der Waals surface area contributed by atoms with Crippen LogP contribution >= 0.6 is 0 Å². The molecule has 0 aromatic carbocycles. The molecule has 20 heavy (non-hydrogen) atoms. The maximum absolute atomic E-state index is 11.2. The Morgan fingerprint density at radius 3 is 2.80 bits per heavy atom. The largest absolute Gasteiger partial charge is 0.373 e. The van der Waals surface area contributed by atoms with Gasteiger partial charge in [-0.1, -0.05) is 0 Å². The van der Waals surface area contributed by atoms with Crippen molar-refractivity contribution in [3.8, 4) is 0 Å². The van der Waals surface area contributed by atoms with Crippen molar-refractivity contribution in [3.63, 3.8) is 0 Å². The van der Waals surface area contributed by atoms with E-state index in [2.05, 4.69) is 20.7 Å². The number of nitro groups is 1. The molecule has 2 fully saturated rings. The van der Waals surface area contributed by atoms with E-state index in [1.165, 1.54) is 0 Å². The molecule has 2 saturated heterocycles. The number of anilines is 2. The smallest absolute Gasteiger partial charge is 0.332 e. The molecule has 3 unspecified atom stereocenters. The first-order chi connectivity index (χ1) is 9.58. The summed E-state index contributed by atoms with van der Waals surface area (Å²) in [5.41, 5.74) is 2.47. The van der Waals surface area contributed by atoms with Crippen molar-refractivity contribution < 1.29 is 9.66 Å². The van der Waals surface area contributed by atoms with E-state index in [1.807, 2.05) is 0 Å². The zero-order chi connectivity index (χ0) is 14.3. The van der Waals surface area contributed by atoms with Gasteiger partial charge in [-0.05, 0) is 26.2 Å². The van der Waals surface area contributed by atoms with Crippen molar-refractivity contribution >= 4 is 17.5 Å². The van der Waals surface area contributed by atoms with Gasteiger partial charge in [-0.3, -0.25) is 15.5 Å². The molecule has 2 aliphatic heterocycles. The van der Waals surface area contributed by atoms with Gasteiger partial charge < -0.3 is 10.1 Å². The van der Waals surface area contributed by atoms with Crippen LogP contribution in [0.2, 0.25) is 0 Å². The van der Waals surface area contributed by atoms with Gasteiger partial charge in [-0.25, -0.2) is 10.8 Å². The minimum atomic E-state index is -0.480. The molecule has 2 aliphatic rings. The van der Waals surface area contributed by atoms with Crippen LogP contribution in [0.25, 0.3) is 0 Å². The zero-order valence-corrected chi connectivity index (χ0v) is 11.0. The van der Waals surface area contributed by atoms with E-state index in [9.17, 15) is 10.1 Å². The molecule has 0 radical (unpaired) electrons. The number of hydrogen-bond acceptors (Lipinski definition) is 8. The standard InChI is InChI=1S/C11H16N6O3/c1-5-9(17(18)19)10(15-11(13-5)16-12)14-7-4-6-2-3-8(7)20-6/h6-8H,2-4,12H2,1H3,(H2,13,14,15,16). The lowest BCUT2D eigenvalue weighted by Gasteiger charge is -2.20. The zero-order valence-electron chi connectivity index (χ0n) is 11.0. The van der Waals surface area contributed by atoms with Crippen LogP contribution in [-0.2, 0) is 4.74 Å². The predicted octanol–water partition coefficient (Wildman–Crippen LogP) is 0.711. The summed E-state index contributed by atoms with van der Waals surface area (Å²) >= 11 is 0. The second-order valence-corrected chi connectivity index (χ2v) is 5.09. The van der Waals surface area contributed by atoms with Crippen LogP contribution in [0.15, 0.2) is 0 Å². The molecule has 3 rings (SSSR count). The summed E-state index contributed by atoms with van der Waals surface area (Å²) < 4.78 is 5.73. The van der Waals surface area contributed by atoms with Crippen molar-refractivity contribution in [2.45, 2.75) is 44.4 Å². The number of hydrogen-bond donors (Lipinski definition) is 3. The molecular weight excluding hydrogens is 264 g/mol. The molecule has 9 nitrogen and oxygen atoms in total. The van der Waals surface area contributed by atoms with Crippen LogP contribution in [0.1, 0.15) is 25.0 Å². The van der Waals surface area contributed by atoms with E-state index in [1.54, 1.807) is 6.92 Å². The topological polar surface area (TPSA) is 128 Å². The van der Waals surface area contributed by atoms with Crippen LogP contribution in [0.5, 0.6) is 0 Å². The van der Waals surface area contributed by atoms with Crippen molar-refractivity contribution in [2.24, 2.45) is 5.84 Å². The Morgan fingerprint density at radius 1 is 1.45 bits per heavy atom. The maximum atomic E-state index is 11.2. The van der Waals surface area contributed by atoms with Crippen LogP contribution in [0, 0.1) is 17.0 Å². The molecule has 3 atom stereocenters. The van der Waals surface area contributed by atoms with Gasteiger partial charge in [0.15, 0.2) is 0 Å². The number of nitrogen functional groups attached to an aromatic ring is 1. The number of hydrazine groups is 1. The van der Waals surface area contributed by atoms with Crippen molar-refractivity contribution in [3.05, 3.63) is 15.8 Å². The van der Waals surface area contributed by atoms with Crippen LogP contribution < -0.4 is 16.6 Å². The monoisotopic (exact) mass is 280 g/mol. The van der Waals surface area contributed by atoms with Crippen molar-refractivity contribution in [1.29, 1.82) is 0 Å². The fraction of sp³-hybridized carbons (Fsp3) is 0.636. The molecule has 1 aromatic heterocycles. The second kappa shape index (κ2) is 4.84. The van der Waals surface area contributed by atoms with Gasteiger partial charge in [0.05, 0.1) is 23.2 Å². The van der Waals surface area contributed by atoms with Gasteiger partial charge in [0, 0.05) is 0 Å². The number of aryl methyl sites for hydroxylation is 1. The van der Waals surface area contributed by atoms with E-state index in [-0.39, 0.29) is 41.4 Å². The fourth-order valence-corrected chi connectivity index (χ4v) is 2.92. The van der Waals surface area contributed by atoms with E-state index in [4.69, 9.17) is 10.6 Å². The number of nitrogens with two attached hydrogens (primary N) is 1. The molecule has 0 spiro atoms. The molecule has 0 saturated carbocycles. The first-order valence-corrected chi connectivity index (χ1v) is 6.50. The van der Waals surface area contributed by atoms with Crippen LogP contribution in [-0.4, -0.2) is 33.1 Å². The number of rotatable bonds is 4. The second-order valence-electron chi connectivity index (χ2n) is 5.09. The molecule has 0 amide bonds. The van der Waals surface area contributed by atoms with Crippen molar-refractivity contribution in [1.82, 2.24) is 9.97 Å². The van der Waals surface area contributed by atoms with E-state index >= 15 is 0 Å². The van der Waals surface area contributed by atoms with Gasteiger partial charge in [-0.2, -0.15) is 4.98 Å². The Hall–Kier alpha value is -2.00. The third-order valence-corrected chi connectivity index (χ3v) is 3.80. The number of fused-ring (bicyclic) bond motifs is 2. The average molecular weight is 280 g/mol. The van der Waals surface area contributed by atoms with Crippen molar-refractivity contribution in [2.75, 3.05) is 10.7 Å². The van der Waals surface area contributed by atoms with Gasteiger partial charge in [0.25, 0.3) is 0 Å². The molecule has 2 bridgehead atoms. The Labute approximate surface area is 115 Å². The molecule has 1 aromatic rings. The lowest BCUT2D eigenvalue weighted by Crippen LogP contribution is -2.31. The number of aromatic nitrogens is 2. The molecule has 3 heterocycles. The van der Waals surface area contributed by atoms with Gasteiger partial charge in [0.2, 0.25) is 11.8 Å². The van der Waals surface area contributed by atoms with E-state index in [0.29, 0.717) is 0 Å². The number of nitrogens with one attached hydrogen (secondary N) is 2. The van der Waals surface area contributed by atoms with Gasteiger partial charge in [0.1, 0.15) is 5.69 Å². The molecule has 4 N–H and O–H groups in total. The first kappa shape index (κ1) is 13.0. The van der Waals surface area contributed by atoms with E-state index < -0.39 is 4.92 Å². The average Bonchev–Trinajstić information content (AvgIpc) is 2.99. The highest BCUT2D eigenvalue weighted by atomic mass is 16.6. The Morgan fingerprint density at radius 2 is 2.25 bits per heavy atom. The molecule has 9 heteroatoms. The molecular formula is C11H16N6O3. The Kier molecular flexibility index (Phi) is 3.14. The third-order valence-electron chi connectivity index (χ3n) is 3.80. The highest BCUT2D eigenvalue weighted by Gasteiger charge is 2.41. The van der Waals surface area contributed by atoms with Crippen LogP contribution in [0.3, 0.4) is 0 Å². The number of ether oxygens (including phenoxy) is 1. The van der Waals surface area contributed by atoms with E-state index in [0.717, 1.165) is 19.3 Å². The van der Waals surface area contributed by atoms with Crippen LogP contribution in [0.4, 0.5) is 17.5 Å². The number of nitrogens with zero attached hydrogens (tertiary/aromatic N) is 3. The third kappa shape index (κ3) is 2.14. The predicted molar refractivity (Wildman–Crippen MR) is 71.2 cm³/mol. The summed E-state index contributed by atoms with van der Waals surface area (Å²) in [7, 11) is 0. The summed E-state index contributed by atoms with van der Waals surface area (Å²) in [6.07, 6.45) is 3.23. The minimum absolute atomic E-state index is 0.0485. The Balaban J connectivity index is 1.90. The Bertz CT molecular complexity index is 551. The summed E-state index contributed by atoms with van der Waals surface area (Å²) in [6, 6.07) is 0.0485. The lowest BCUT2D eigenvalue weighted by atomic mass is 9.95. The highest BCUT2D eigenvalue weighted by molar-refractivity contribution is 5.61. The first-order valence-electron chi connectivity index (χ1n) is 6.50.